The summed E-state index contributed by atoms with van der Waals surface area (Å²) in [5.41, 5.74) is 0.443. The molecule has 1 saturated heterocycles. The summed E-state index contributed by atoms with van der Waals surface area (Å²) in [6, 6.07) is 6.73. The first-order chi connectivity index (χ1) is 10.6. The molecule has 1 aliphatic rings. The van der Waals surface area contributed by atoms with Crippen LogP contribution in [0.1, 0.15) is 10.4 Å². The van der Waals surface area contributed by atoms with E-state index >= 15 is 0 Å². The van der Waals surface area contributed by atoms with E-state index in [1.54, 1.807) is 34.1 Å². The van der Waals surface area contributed by atoms with Gasteiger partial charge in [-0.05, 0) is 18.2 Å². The standard InChI is InChI=1S/C15H19N3O4/c1-22-13-4-2-3-12(9-13)15(21)16-10-14(20)18-7-5-17(11-19)6-8-18/h2-4,9,11H,5-8,10H2,1H3,(H,16,21). The van der Waals surface area contributed by atoms with Crippen molar-refractivity contribution in [1.82, 2.24) is 15.1 Å². The maximum atomic E-state index is 12.0. The molecule has 1 aliphatic heterocycles. The summed E-state index contributed by atoms with van der Waals surface area (Å²) in [6.07, 6.45) is 0.784. The van der Waals surface area contributed by atoms with E-state index in [0.717, 1.165) is 6.41 Å². The van der Waals surface area contributed by atoms with Gasteiger partial charge in [-0.1, -0.05) is 6.07 Å². The van der Waals surface area contributed by atoms with Gasteiger partial charge < -0.3 is 19.9 Å². The molecule has 0 aliphatic carbocycles. The molecule has 0 spiro atoms. The third kappa shape index (κ3) is 3.97. The number of carbonyl (C=O) groups is 3. The molecule has 1 heterocycles. The Morgan fingerprint density at radius 1 is 1.27 bits per heavy atom. The summed E-state index contributed by atoms with van der Waals surface area (Å²) in [4.78, 5) is 37.9. The zero-order valence-electron chi connectivity index (χ0n) is 12.4. The van der Waals surface area contributed by atoms with Crippen molar-refractivity contribution in [3.05, 3.63) is 29.8 Å². The number of amides is 3. The lowest BCUT2D eigenvalue weighted by atomic mass is 10.2. The second-order valence-corrected chi connectivity index (χ2v) is 4.94. The number of rotatable bonds is 5. The quantitative estimate of drug-likeness (QED) is 0.759. The third-order valence-corrected chi connectivity index (χ3v) is 3.55. The smallest absolute Gasteiger partial charge is 0.251 e. The molecule has 7 heteroatoms. The number of piperazine rings is 1. The van der Waals surface area contributed by atoms with Gasteiger partial charge in [0.25, 0.3) is 5.91 Å². The van der Waals surface area contributed by atoms with E-state index in [0.29, 0.717) is 37.5 Å². The Labute approximate surface area is 128 Å². The number of carbonyl (C=O) groups excluding carboxylic acids is 3. The first-order valence-corrected chi connectivity index (χ1v) is 7.03. The summed E-state index contributed by atoms with van der Waals surface area (Å²) in [7, 11) is 1.53. The fourth-order valence-corrected chi connectivity index (χ4v) is 2.21. The number of methoxy groups -OCH3 is 1. The van der Waals surface area contributed by atoms with E-state index in [1.807, 2.05) is 0 Å². The Kier molecular flexibility index (Phi) is 5.35. The summed E-state index contributed by atoms with van der Waals surface area (Å²) in [6.45, 7) is 1.98. The van der Waals surface area contributed by atoms with Gasteiger partial charge in [-0.25, -0.2) is 0 Å². The Morgan fingerprint density at radius 3 is 2.64 bits per heavy atom. The number of ether oxygens (including phenoxy) is 1. The molecule has 0 atom stereocenters. The minimum Gasteiger partial charge on any atom is -0.497 e. The van der Waals surface area contributed by atoms with Crippen molar-refractivity contribution in [3.63, 3.8) is 0 Å². The van der Waals surface area contributed by atoms with Crippen LogP contribution in [0.5, 0.6) is 5.75 Å². The largest absolute Gasteiger partial charge is 0.497 e. The van der Waals surface area contributed by atoms with E-state index in [2.05, 4.69) is 5.32 Å². The zero-order chi connectivity index (χ0) is 15.9. The van der Waals surface area contributed by atoms with Gasteiger partial charge in [-0.2, -0.15) is 0 Å². The van der Waals surface area contributed by atoms with Crippen LogP contribution in [0.3, 0.4) is 0 Å². The topological polar surface area (TPSA) is 79.0 Å². The molecule has 0 radical (unpaired) electrons. The lowest BCUT2D eigenvalue weighted by molar-refractivity contribution is -0.134. The van der Waals surface area contributed by atoms with Crippen molar-refractivity contribution in [2.45, 2.75) is 0 Å². The van der Waals surface area contributed by atoms with Crippen LogP contribution in [0.25, 0.3) is 0 Å². The van der Waals surface area contributed by atoms with Crippen molar-refractivity contribution < 1.29 is 19.1 Å². The van der Waals surface area contributed by atoms with E-state index in [4.69, 9.17) is 4.74 Å². The van der Waals surface area contributed by atoms with Crippen LogP contribution in [-0.2, 0) is 9.59 Å². The zero-order valence-corrected chi connectivity index (χ0v) is 12.4. The highest BCUT2D eigenvalue weighted by atomic mass is 16.5. The van der Waals surface area contributed by atoms with E-state index in [9.17, 15) is 14.4 Å². The molecular weight excluding hydrogens is 286 g/mol. The molecule has 0 aromatic heterocycles. The Hall–Kier alpha value is -2.57. The molecule has 1 N–H and O–H groups in total. The summed E-state index contributed by atoms with van der Waals surface area (Å²) in [5, 5.41) is 2.60. The molecule has 2 rings (SSSR count). The summed E-state index contributed by atoms with van der Waals surface area (Å²) in [5.74, 6) is 0.115. The average molecular weight is 305 g/mol. The number of hydrogen-bond donors (Lipinski definition) is 1. The maximum absolute atomic E-state index is 12.0. The Bertz CT molecular complexity index is 553. The predicted octanol–water partition coefficient (Wildman–Crippen LogP) is -0.274. The molecule has 1 aromatic rings. The monoisotopic (exact) mass is 305 g/mol. The van der Waals surface area contributed by atoms with Crippen LogP contribution in [-0.4, -0.2) is 67.9 Å². The molecule has 22 heavy (non-hydrogen) atoms. The summed E-state index contributed by atoms with van der Waals surface area (Å²) >= 11 is 0. The highest BCUT2D eigenvalue weighted by molar-refractivity contribution is 5.96. The fourth-order valence-electron chi connectivity index (χ4n) is 2.21. The van der Waals surface area contributed by atoms with Crippen LogP contribution in [0.15, 0.2) is 24.3 Å². The molecule has 0 bridgehead atoms. The fraction of sp³-hybridized carbons (Fsp3) is 0.400. The molecular formula is C15H19N3O4. The highest BCUT2D eigenvalue weighted by Gasteiger charge is 2.20. The van der Waals surface area contributed by atoms with E-state index in [-0.39, 0.29) is 18.4 Å². The van der Waals surface area contributed by atoms with Crippen molar-refractivity contribution in [1.29, 1.82) is 0 Å². The number of hydrogen-bond acceptors (Lipinski definition) is 4. The molecule has 3 amide bonds. The molecule has 0 saturated carbocycles. The highest BCUT2D eigenvalue weighted by Crippen LogP contribution is 2.12. The van der Waals surface area contributed by atoms with Gasteiger partial charge in [-0.3, -0.25) is 14.4 Å². The number of nitrogens with zero attached hydrogens (tertiary/aromatic N) is 2. The normalized spacial score (nSPS) is 14.4. The lowest BCUT2D eigenvalue weighted by Crippen LogP contribution is -2.50. The van der Waals surface area contributed by atoms with Crippen LogP contribution < -0.4 is 10.1 Å². The SMILES string of the molecule is COc1cccc(C(=O)NCC(=O)N2CCN(C=O)CC2)c1. The first kappa shape index (κ1) is 15.8. The molecule has 0 unspecified atom stereocenters. The molecule has 1 aromatic carbocycles. The van der Waals surface area contributed by atoms with Gasteiger partial charge in [0.05, 0.1) is 13.7 Å². The number of benzene rings is 1. The predicted molar refractivity (Wildman–Crippen MR) is 79.5 cm³/mol. The molecule has 118 valence electrons. The number of nitrogens with one attached hydrogen (secondary N) is 1. The average Bonchev–Trinajstić information content (AvgIpc) is 2.59. The van der Waals surface area contributed by atoms with Crippen molar-refractivity contribution in [3.8, 4) is 5.75 Å². The Balaban J connectivity index is 1.83. The van der Waals surface area contributed by atoms with Gasteiger partial charge in [0.15, 0.2) is 0 Å². The van der Waals surface area contributed by atoms with Gasteiger partial charge in [0, 0.05) is 31.7 Å². The van der Waals surface area contributed by atoms with Gasteiger partial charge >= 0.3 is 0 Å². The first-order valence-electron chi connectivity index (χ1n) is 7.03. The molecule has 1 fully saturated rings. The second-order valence-electron chi connectivity index (χ2n) is 4.94. The van der Waals surface area contributed by atoms with Crippen LogP contribution >= 0.6 is 0 Å². The van der Waals surface area contributed by atoms with E-state index in [1.165, 1.54) is 7.11 Å². The van der Waals surface area contributed by atoms with Crippen molar-refractivity contribution in [2.75, 3.05) is 39.8 Å². The van der Waals surface area contributed by atoms with Gasteiger partial charge in [0.2, 0.25) is 12.3 Å². The van der Waals surface area contributed by atoms with Gasteiger partial charge in [0.1, 0.15) is 5.75 Å². The summed E-state index contributed by atoms with van der Waals surface area (Å²) < 4.78 is 5.06. The maximum Gasteiger partial charge on any atom is 0.251 e. The van der Waals surface area contributed by atoms with Crippen LogP contribution in [0.2, 0.25) is 0 Å². The minimum atomic E-state index is -0.321. The minimum absolute atomic E-state index is 0.0584. The van der Waals surface area contributed by atoms with Crippen molar-refractivity contribution in [2.24, 2.45) is 0 Å². The Morgan fingerprint density at radius 2 is 2.00 bits per heavy atom. The third-order valence-electron chi connectivity index (χ3n) is 3.55. The van der Waals surface area contributed by atoms with Crippen molar-refractivity contribution >= 4 is 18.2 Å². The van der Waals surface area contributed by atoms with Crippen LogP contribution in [0, 0.1) is 0 Å². The second kappa shape index (κ2) is 7.44. The molecule has 7 nitrogen and oxygen atoms in total. The lowest BCUT2D eigenvalue weighted by Gasteiger charge is -2.32. The van der Waals surface area contributed by atoms with Gasteiger partial charge in [-0.15, -0.1) is 0 Å². The van der Waals surface area contributed by atoms with Crippen LogP contribution in [0.4, 0.5) is 0 Å². The van der Waals surface area contributed by atoms with E-state index < -0.39 is 0 Å².